The standard InChI is InChI=1S/C11H18N2O4/c1-4-5-11(2,3)12-9(14)8-6-7(10(15)16)13-17-8/h8H,4-6H2,1-3H3,(H,12,14)(H,15,16). The number of oxime groups is 1. The van der Waals surface area contributed by atoms with Gasteiger partial charge < -0.3 is 15.3 Å². The van der Waals surface area contributed by atoms with Gasteiger partial charge >= 0.3 is 5.97 Å². The Balaban J connectivity index is 2.49. The zero-order valence-electron chi connectivity index (χ0n) is 10.3. The summed E-state index contributed by atoms with van der Waals surface area (Å²) < 4.78 is 0. The Hall–Kier alpha value is -1.59. The first-order chi connectivity index (χ1) is 7.85. The molecule has 1 amide bonds. The van der Waals surface area contributed by atoms with Gasteiger partial charge in [0.25, 0.3) is 5.91 Å². The topological polar surface area (TPSA) is 88.0 Å². The Kier molecular flexibility index (Phi) is 4.09. The van der Waals surface area contributed by atoms with Gasteiger partial charge in [-0.15, -0.1) is 0 Å². The molecule has 0 radical (unpaired) electrons. The Morgan fingerprint density at radius 3 is 2.71 bits per heavy atom. The molecule has 0 saturated heterocycles. The number of carboxylic acids is 1. The number of hydrogen-bond donors (Lipinski definition) is 2. The summed E-state index contributed by atoms with van der Waals surface area (Å²) in [5, 5.41) is 14.9. The van der Waals surface area contributed by atoms with Crippen molar-refractivity contribution < 1.29 is 19.5 Å². The average molecular weight is 242 g/mol. The van der Waals surface area contributed by atoms with Crippen LogP contribution in [0.2, 0.25) is 0 Å². The summed E-state index contributed by atoms with van der Waals surface area (Å²) in [6.07, 6.45) is 0.995. The number of nitrogens with one attached hydrogen (secondary N) is 1. The Bertz CT molecular complexity index is 349. The van der Waals surface area contributed by atoms with Crippen molar-refractivity contribution in [3.63, 3.8) is 0 Å². The Labute approximate surface area is 100 Å². The van der Waals surface area contributed by atoms with Crippen LogP contribution in [0.3, 0.4) is 0 Å². The highest BCUT2D eigenvalue weighted by Gasteiger charge is 2.33. The van der Waals surface area contributed by atoms with Crippen LogP contribution in [-0.4, -0.2) is 34.3 Å². The molecule has 6 nitrogen and oxygen atoms in total. The first-order valence-electron chi connectivity index (χ1n) is 5.63. The second-order valence-corrected chi connectivity index (χ2v) is 4.76. The highest BCUT2D eigenvalue weighted by molar-refractivity contribution is 6.36. The van der Waals surface area contributed by atoms with Crippen molar-refractivity contribution in [1.29, 1.82) is 0 Å². The molecule has 1 rings (SSSR count). The van der Waals surface area contributed by atoms with E-state index in [1.165, 1.54) is 0 Å². The maximum Gasteiger partial charge on any atom is 0.353 e. The van der Waals surface area contributed by atoms with Gasteiger partial charge in [0, 0.05) is 12.0 Å². The normalized spacial score (nSPS) is 19.5. The van der Waals surface area contributed by atoms with Crippen LogP contribution < -0.4 is 5.32 Å². The molecule has 96 valence electrons. The van der Waals surface area contributed by atoms with Gasteiger partial charge in [0.2, 0.25) is 6.10 Å². The van der Waals surface area contributed by atoms with Crippen molar-refractivity contribution in [3.05, 3.63) is 0 Å². The largest absolute Gasteiger partial charge is 0.477 e. The number of aliphatic carboxylic acids is 1. The third-order valence-corrected chi connectivity index (χ3v) is 2.54. The van der Waals surface area contributed by atoms with Gasteiger partial charge in [0.1, 0.15) is 0 Å². The molecule has 0 aliphatic carbocycles. The summed E-state index contributed by atoms with van der Waals surface area (Å²) in [7, 11) is 0. The summed E-state index contributed by atoms with van der Waals surface area (Å²) in [6.45, 7) is 5.87. The third-order valence-electron chi connectivity index (χ3n) is 2.54. The number of carbonyl (C=O) groups is 2. The smallest absolute Gasteiger partial charge is 0.353 e. The average Bonchev–Trinajstić information content (AvgIpc) is 2.64. The fourth-order valence-electron chi connectivity index (χ4n) is 1.75. The minimum Gasteiger partial charge on any atom is -0.477 e. The molecule has 0 fully saturated rings. The molecule has 0 saturated carbocycles. The van der Waals surface area contributed by atoms with Gasteiger partial charge in [-0.1, -0.05) is 18.5 Å². The van der Waals surface area contributed by atoms with Crippen molar-refractivity contribution in [3.8, 4) is 0 Å². The van der Waals surface area contributed by atoms with Gasteiger partial charge in [0.05, 0.1) is 0 Å². The van der Waals surface area contributed by atoms with Gasteiger partial charge in [-0.05, 0) is 20.3 Å². The van der Waals surface area contributed by atoms with Crippen LogP contribution in [0.1, 0.15) is 40.0 Å². The molecule has 17 heavy (non-hydrogen) atoms. The number of amides is 1. The molecule has 1 unspecified atom stereocenters. The quantitative estimate of drug-likeness (QED) is 0.750. The molecular formula is C11H18N2O4. The fraction of sp³-hybridized carbons (Fsp3) is 0.727. The fourth-order valence-corrected chi connectivity index (χ4v) is 1.75. The lowest BCUT2D eigenvalue weighted by molar-refractivity contribution is -0.133. The van der Waals surface area contributed by atoms with E-state index in [1.54, 1.807) is 0 Å². The molecule has 2 N–H and O–H groups in total. The van der Waals surface area contributed by atoms with E-state index < -0.39 is 12.1 Å². The molecule has 0 aromatic heterocycles. The lowest BCUT2D eigenvalue weighted by Gasteiger charge is -2.26. The van der Waals surface area contributed by atoms with Gasteiger partial charge in [-0.25, -0.2) is 4.79 Å². The van der Waals surface area contributed by atoms with E-state index in [2.05, 4.69) is 10.5 Å². The Morgan fingerprint density at radius 2 is 2.24 bits per heavy atom. The number of hydrogen-bond acceptors (Lipinski definition) is 4. The molecule has 1 atom stereocenters. The highest BCUT2D eigenvalue weighted by atomic mass is 16.6. The lowest BCUT2D eigenvalue weighted by Crippen LogP contribution is -2.47. The maximum atomic E-state index is 11.8. The molecular weight excluding hydrogens is 224 g/mol. The van der Waals surface area contributed by atoms with E-state index in [9.17, 15) is 9.59 Å². The predicted molar refractivity (Wildman–Crippen MR) is 61.7 cm³/mol. The van der Waals surface area contributed by atoms with E-state index in [0.29, 0.717) is 0 Å². The van der Waals surface area contributed by atoms with Crippen molar-refractivity contribution in [2.75, 3.05) is 0 Å². The predicted octanol–water partition coefficient (Wildman–Crippen LogP) is 0.911. The van der Waals surface area contributed by atoms with E-state index in [0.717, 1.165) is 12.8 Å². The van der Waals surface area contributed by atoms with Crippen LogP contribution in [0.5, 0.6) is 0 Å². The first kappa shape index (κ1) is 13.5. The van der Waals surface area contributed by atoms with Crippen molar-refractivity contribution >= 4 is 17.6 Å². The van der Waals surface area contributed by atoms with Crippen LogP contribution in [-0.2, 0) is 14.4 Å². The minimum absolute atomic E-state index is 0.0172. The highest BCUT2D eigenvalue weighted by Crippen LogP contribution is 2.15. The van der Waals surface area contributed by atoms with E-state index in [4.69, 9.17) is 9.94 Å². The van der Waals surface area contributed by atoms with Crippen LogP contribution in [0.25, 0.3) is 0 Å². The molecule has 0 spiro atoms. The summed E-state index contributed by atoms with van der Waals surface area (Å²) in [5.41, 5.74) is -0.431. The SMILES string of the molecule is CCCC(C)(C)NC(=O)C1CC(C(=O)O)=NO1. The van der Waals surface area contributed by atoms with E-state index >= 15 is 0 Å². The monoisotopic (exact) mass is 242 g/mol. The molecule has 0 aromatic rings. The molecule has 0 bridgehead atoms. The zero-order chi connectivity index (χ0) is 13.1. The summed E-state index contributed by atoms with van der Waals surface area (Å²) >= 11 is 0. The minimum atomic E-state index is -1.15. The maximum absolute atomic E-state index is 11.8. The van der Waals surface area contributed by atoms with Crippen LogP contribution >= 0.6 is 0 Å². The second kappa shape index (κ2) is 5.16. The molecule has 1 heterocycles. The molecule has 0 aromatic carbocycles. The number of carbonyl (C=O) groups excluding carboxylic acids is 1. The van der Waals surface area contributed by atoms with Gasteiger partial charge in [0.15, 0.2) is 5.71 Å². The van der Waals surface area contributed by atoms with Crippen LogP contribution in [0.4, 0.5) is 0 Å². The molecule has 1 aliphatic heterocycles. The van der Waals surface area contributed by atoms with Crippen LogP contribution in [0, 0.1) is 0 Å². The number of carboxylic acid groups (broad SMARTS) is 1. The summed E-state index contributed by atoms with van der Waals surface area (Å²) in [5.74, 6) is -1.46. The first-order valence-corrected chi connectivity index (χ1v) is 5.63. The third kappa shape index (κ3) is 3.72. The number of nitrogens with zero attached hydrogens (tertiary/aromatic N) is 1. The van der Waals surface area contributed by atoms with Gasteiger partial charge in [-0.3, -0.25) is 4.79 Å². The molecule has 6 heteroatoms. The number of rotatable bonds is 5. The van der Waals surface area contributed by atoms with Crippen molar-refractivity contribution in [2.24, 2.45) is 5.16 Å². The summed E-state index contributed by atoms with van der Waals surface area (Å²) in [6, 6.07) is 0. The van der Waals surface area contributed by atoms with Gasteiger partial charge in [-0.2, -0.15) is 0 Å². The summed E-state index contributed by atoms with van der Waals surface area (Å²) in [4.78, 5) is 27.2. The molecule has 1 aliphatic rings. The van der Waals surface area contributed by atoms with Crippen LogP contribution in [0.15, 0.2) is 5.16 Å². The van der Waals surface area contributed by atoms with Crippen molar-refractivity contribution in [1.82, 2.24) is 5.32 Å². The zero-order valence-corrected chi connectivity index (χ0v) is 10.3. The Morgan fingerprint density at radius 1 is 1.59 bits per heavy atom. The van der Waals surface area contributed by atoms with Crippen molar-refractivity contribution in [2.45, 2.75) is 51.7 Å². The van der Waals surface area contributed by atoms with E-state index in [-0.39, 0.29) is 23.6 Å². The lowest BCUT2D eigenvalue weighted by atomic mass is 9.98. The van der Waals surface area contributed by atoms with E-state index in [1.807, 2.05) is 20.8 Å². The second-order valence-electron chi connectivity index (χ2n) is 4.76.